The Kier molecular flexibility index (Phi) is 7.38. The number of ether oxygens (including phenoxy) is 2. The van der Waals surface area contributed by atoms with Gasteiger partial charge in [0.15, 0.2) is 12.8 Å². The van der Waals surface area contributed by atoms with Crippen molar-refractivity contribution >= 4 is 29.9 Å². The fourth-order valence-corrected chi connectivity index (χ4v) is 4.06. The molecule has 8 heteroatoms. The summed E-state index contributed by atoms with van der Waals surface area (Å²) in [5.41, 5.74) is 1.64. The lowest BCUT2D eigenvalue weighted by Gasteiger charge is -2.22. The van der Waals surface area contributed by atoms with Gasteiger partial charge in [0.25, 0.3) is 0 Å². The van der Waals surface area contributed by atoms with Crippen LogP contribution in [0.4, 0.5) is 4.39 Å². The zero-order chi connectivity index (χ0) is 18.8. The Hall–Kier alpha value is -1.13. The van der Waals surface area contributed by atoms with E-state index in [9.17, 15) is 4.39 Å². The molecule has 1 saturated heterocycles. The molecular formula is C20H30FIN4O2. The van der Waals surface area contributed by atoms with Gasteiger partial charge in [-0.15, -0.1) is 24.0 Å². The van der Waals surface area contributed by atoms with Crippen molar-refractivity contribution < 1.29 is 13.9 Å². The van der Waals surface area contributed by atoms with E-state index >= 15 is 0 Å². The molecule has 2 heterocycles. The highest BCUT2D eigenvalue weighted by Crippen LogP contribution is 2.32. The molecule has 2 unspecified atom stereocenters. The molecule has 6 nitrogen and oxygen atoms in total. The molecule has 0 aromatic heterocycles. The summed E-state index contributed by atoms with van der Waals surface area (Å²) in [5.74, 6) is 1.92. The van der Waals surface area contributed by atoms with Crippen LogP contribution >= 0.6 is 24.0 Å². The number of rotatable bonds is 5. The zero-order valence-electron chi connectivity index (χ0n) is 16.5. The van der Waals surface area contributed by atoms with Crippen LogP contribution < -0.4 is 15.4 Å². The Bertz CT molecular complexity index is 714. The maximum absolute atomic E-state index is 13.9. The molecule has 1 aromatic rings. The Balaban J connectivity index is 0.00000225. The highest BCUT2D eigenvalue weighted by Gasteiger charge is 2.38. The molecule has 4 rings (SSSR count). The molecule has 0 spiro atoms. The average molecular weight is 504 g/mol. The number of guanidine groups is 1. The third-order valence-corrected chi connectivity index (χ3v) is 5.69. The molecule has 1 aromatic carbocycles. The number of fused-ring (bicyclic) bond motifs is 1. The van der Waals surface area contributed by atoms with Crippen molar-refractivity contribution in [1.29, 1.82) is 0 Å². The largest absolute Gasteiger partial charge is 0.467 e. The summed E-state index contributed by atoms with van der Waals surface area (Å²) in [4.78, 5) is 6.95. The van der Waals surface area contributed by atoms with Crippen LogP contribution in [-0.2, 0) is 17.8 Å². The lowest BCUT2D eigenvalue weighted by Crippen LogP contribution is -2.47. The van der Waals surface area contributed by atoms with Crippen molar-refractivity contribution in [2.75, 3.05) is 33.5 Å². The summed E-state index contributed by atoms with van der Waals surface area (Å²) in [6.07, 6.45) is 3.35. The molecular weight excluding hydrogens is 474 g/mol. The zero-order valence-corrected chi connectivity index (χ0v) is 18.9. The van der Waals surface area contributed by atoms with E-state index in [0.29, 0.717) is 31.5 Å². The lowest BCUT2D eigenvalue weighted by molar-refractivity contribution is -0.0172. The second-order valence-electron chi connectivity index (χ2n) is 7.83. The van der Waals surface area contributed by atoms with Gasteiger partial charge < -0.3 is 20.1 Å². The van der Waals surface area contributed by atoms with Crippen LogP contribution in [0.2, 0.25) is 0 Å². The van der Waals surface area contributed by atoms with Gasteiger partial charge in [-0.3, -0.25) is 9.89 Å². The number of nitrogens with one attached hydrogen (secondary N) is 2. The van der Waals surface area contributed by atoms with Crippen LogP contribution in [0.5, 0.6) is 5.75 Å². The number of nitrogens with zero attached hydrogens (tertiary/aromatic N) is 2. The Morgan fingerprint density at radius 2 is 2.14 bits per heavy atom. The summed E-state index contributed by atoms with van der Waals surface area (Å²) in [6, 6.07) is 4.25. The fraction of sp³-hybridized carbons (Fsp3) is 0.650. The van der Waals surface area contributed by atoms with Crippen LogP contribution in [0.1, 0.15) is 30.9 Å². The number of halogens is 2. The summed E-state index contributed by atoms with van der Waals surface area (Å²) >= 11 is 0. The summed E-state index contributed by atoms with van der Waals surface area (Å²) in [6.45, 7) is 5.82. The molecule has 2 aliphatic heterocycles. The smallest absolute Gasteiger partial charge is 0.191 e. The van der Waals surface area contributed by atoms with Gasteiger partial charge in [0.2, 0.25) is 0 Å². The molecule has 2 fully saturated rings. The number of likely N-dealkylation sites (tertiary alicyclic amines) is 1. The van der Waals surface area contributed by atoms with Gasteiger partial charge in [-0.1, -0.05) is 6.92 Å². The standard InChI is InChI=1S/C20H29FN4O2.HI/c1-13-9-25(17-3-4-17)10-18(13)24-20(22-2)23-6-5-14-7-16(21)8-15-11-26-12-27-19(14)15;/h7-8,13,17-18H,3-6,9-12H2,1-2H3,(H2,22,23,24);1H. The third-order valence-electron chi connectivity index (χ3n) is 5.69. The van der Waals surface area contributed by atoms with Gasteiger partial charge in [-0.2, -0.15) is 0 Å². The quantitative estimate of drug-likeness (QED) is 0.367. The van der Waals surface area contributed by atoms with Gasteiger partial charge in [-0.25, -0.2) is 4.39 Å². The van der Waals surface area contributed by atoms with E-state index < -0.39 is 0 Å². The summed E-state index contributed by atoms with van der Waals surface area (Å²) in [7, 11) is 1.79. The van der Waals surface area contributed by atoms with Crippen LogP contribution in [0.25, 0.3) is 0 Å². The van der Waals surface area contributed by atoms with Gasteiger partial charge >= 0.3 is 0 Å². The predicted molar refractivity (Wildman–Crippen MR) is 118 cm³/mol. The number of aliphatic imine (C=N–C) groups is 1. The van der Waals surface area contributed by atoms with E-state index in [2.05, 4.69) is 27.4 Å². The van der Waals surface area contributed by atoms with E-state index in [1.54, 1.807) is 13.1 Å². The van der Waals surface area contributed by atoms with E-state index in [0.717, 1.165) is 42.0 Å². The highest BCUT2D eigenvalue weighted by molar-refractivity contribution is 14.0. The Labute approximate surface area is 183 Å². The van der Waals surface area contributed by atoms with Gasteiger partial charge in [0.05, 0.1) is 6.61 Å². The molecule has 0 bridgehead atoms. The maximum Gasteiger partial charge on any atom is 0.191 e. The van der Waals surface area contributed by atoms with Gasteiger partial charge in [-0.05, 0) is 42.9 Å². The molecule has 3 aliphatic rings. The van der Waals surface area contributed by atoms with Crippen LogP contribution in [-0.4, -0.2) is 56.4 Å². The SMILES string of the molecule is CN=C(NCCc1cc(F)cc2c1OCOC2)NC1CN(C2CC2)CC1C.I. The van der Waals surface area contributed by atoms with Crippen molar-refractivity contribution in [3.05, 3.63) is 29.1 Å². The van der Waals surface area contributed by atoms with E-state index in [-0.39, 0.29) is 36.6 Å². The molecule has 2 atom stereocenters. The fourth-order valence-electron chi connectivity index (χ4n) is 4.06. The van der Waals surface area contributed by atoms with Gasteiger partial charge in [0, 0.05) is 44.3 Å². The van der Waals surface area contributed by atoms with Gasteiger partial charge in [0.1, 0.15) is 11.6 Å². The molecule has 2 N–H and O–H groups in total. The van der Waals surface area contributed by atoms with E-state index in [1.807, 2.05) is 0 Å². The van der Waals surface area contributed by atoms with Crippen LogP contribution in [0, 0.1) is 11.7 Å². The van der Waals surface area contributed by atoms with E-state index in [4.69, 9.17) is 9.47 Å². The van der Waals surface area contributed by atoms with Crippen molar-refractivity contribution in [2.24, 2.45) is 10.9 Å². The van der Waals surface area contributed by atoms with Crippen LogP contribution in [0.15, 0.2) is 17.1 Å². The first-order chi connectivity index (χ1) is 13.1. The monoisotopic (exact) mass is 504 g/mol. The molecule has 0 radical (unpaired) electrons. The molecule has 28 heavy (non-hydrogen) atoms. The first kappa shape index (κ1) is 21.6. The highest BCUT2D eigenvalue weighted by atomic mass is 127. The van der Waals surface area contributed by atoms with E-state index in [1.165, 1.54) is 18.9 Å². The second kappa shape index (κ2) is 9.58. The Morgan fingerprint density at radius 3 is 2.89 bits per heavy atom. The van der Waals surface area contributed by atoms with Crippen molar-refractivity contribution in [2.45, 2.75) is 44.9 Å². The normalized spacial score (nSPS) is 24.9. The Morgan fingerprint density at radius 1 is 1.32 bits per heavy atom. The first-order valence-corrected chi connectivity index (χ1v) is 9.87. The van der Waals surface area contributed by atoms with Crippen molar-refractivity contribution in [1.82, 2.24) is 15.5 Å². The van der Waals surface area contributed by atoms with Crippen LogP contribution in [0.3, 0.4) is 0 Å². The average Bonchev–Trinajstić information content (AvgIpc) is 3.45. The number of hydrogen-bond acceptors (Lipinski definition) is 4. The van der Waals surface area contributed by atoms with Crippen molar-refractivity contribution in [3.8, 4) is 5.75 Å². The minimum Gasteiger partial charge on any atom is -0.467 e. The molecule has 156 valence electrons. The minimum absolute atomic E-state index is 0. The predicted octanol–water partition coefficient (Wildman–Crippen LogP) is 2.50. The topological polar surface area (TPSA) is 58.1 Å². The van der Waals surface area contributed by atoms with Crippen molar-refractivity contribution in [3.63, 3.8) is 0 Å². The third kappa shape index (κ3) is 5.07. The maximum atomic E-state index is 13.9. The summed E-state index contributed by atoms with van der Waals surface area (Å²) in [5, 5.41) is 6.92. The number of hydrogen-bond donors (Lipinski definition) is 2. The second-order valence-corrected chi connectivity index (χ2v) is 7.83. The minimum atomic E-state index is -0.250. The molecule has 1 saturated carbocycles. The molecule has 1 aliphatic carbocycles. The molecule has 0 amide bonds. The first-order valence-electron chi connectivity index (χ1n) is 9.87. The lowest BCUT2D eigenvalue weighted by atomic mass is 10.1. The summed E-state index contributed by atoms with van der Waals surface area (Å²) < 4.78 is 24.7. The number of benzene rings is 1.